The van der Waals surface area contributed by atoms with E-state index >= 15 is 0 Å². The van der Waals surface area contributed by atoms with Crippen LogP contribution in [0.4, 0.5) is 0 Å². The van der Waals surface area contributed by atoms with E-state index in [0.717, 1.165) is 31.3 Å². The highest BCUT2D eigenvalue weighted by atomic mass is 14.2. The van der Waals surface area contributed by atoms with Gasteiger partial charge in [0.25, 0.3) is 0 Å². The molecule has 1 aliphatic rings. The van der Waals surface area contributed by atoms with Crippen LogP contribution in [0.1, 0.15) is 116 Å². The summed E-state index contributed by atoms with van der Waals surface area (Å²) in [6.45, 7) is 26.9. The minimum absolute atomic E-state index is 0.741. The summed E-state index contributed by atoms with van der Waals surface area (Å²) in [7, 11) is 0. The number of aryl methyl sites for hydroxylation is 2. The fourth-order valence-electron chi connectivity index (χ4n) is 12.5. The van der Waals surface area contributed by atoms with Gasteiger partial charge in [0.05, 0.1) is 0 Å². The van der Waals surface area contributed by atoms with Gasteiger partial charge in [-0.3, -0.25) is 0 Å². The lowest BCUT2D eigenvalue weighted by atomic mass is 9.82. The second kappa shape index (κ2) is 33.6. The van der Waals surface area contributed by atoms with Crippen LogP contribution < -0.4 is 0 Å². The van der Waals surface area contributed by atoms with Crippen molar-refractivity contribution in [1.82, 2.24) is 0 Å². The van der Waals surface area contributed by atoms with Crippen molar-refractivity contribution in [2.24, 2.45) is 0 Å². The van der Waals surface area contributed by atoms with Crippen molar-refractivity contribution < 1.29 is 0 Å². The number of benzene rings is 10. The van der Waals surface area contributed by atoms with Crippen LogP contribution in [0.15, 0.2) is 323 Å². The molecule has 11 rings (SSSR count). The Labute approximate surface area is 557 Å². The molecule has 0 atom stereocenters. The van der Waals surface area contributed by atoms with Crippen molar-refractivity contribution in [3.05, 3.63) is 378 Å². The van der Waals surface area contributed by atoms with Gasteiger partial charge >= 0.3 is 0 Å². The maximum absolute atomic E-state index is 3.89. The molecule has 462 valence electrons. The van der Waals surface area contributed by atoms with Gasteiger partial charge in [0.1, 0.15) is 0 Å². The van der Waals surface area contributed by atoms with Crippen LogP contribution in [0.3, 0.4) is 0 Å². The summed E-state index contributed by atoms with van der Waals surface area (Å²) in [5.41, 5.74) is 33.4. The molecule has 0 heteroatoms. The number of allylic oxidation sites excluding steroid dienone is 18. The van der Waals surface area contributed by atoms with Crippen LogP contribution in [-0.4, -0.2) is 0 Å². The Kier molecular flexibility index (Phi) is 24.2. The summed E-state index contributed by atoms with van der Waals surface area (Å²) >= 11 is 0. The Bertz CT molecular complexity index is 4380. The van der Waals surface area contributed by atoms with Crippen molar-refractivity contribution in [3.8, 4) is 66.8 Å². The molecule has 0 aliphatic heterocycles. The SMILES string of the molecule is C=C/C=C(\C=C)c1cc(C)cc(C(/C=C\C)=C/CC)c1.CC.CC=C/C=C(\C=C(/C)c1cc(C2=CC=CCC2)cc(-c2ccccc2)c1C)c1ccc(C)c(-c2cc(-c3ccccc3)cc(-c3ccccc3)c2Cc2cc(-c3ccccc3)cc(-c3ccccc3)c2)c1. The van der Waals surface area contributed by atoms with Crippen LogP contribution in [-0.2, 0) is 6.42 Å². The van der Waals surface area contributed by atoms with Crippen molar-refractivity contribution in [2.45, 2.75) is 88.0 Å². The fourth-order valence-corrected chi connectivity index (χ4v) is 12.5. The highest BCUT2D eigenvalue weighted by Gasteiger charge is 2.21. The fraction of sp³-hybridized carbons (Fsp3) is 0.140. The van der Waals surface area contributed by atoms with Gasteiger partial charge in [-0.25, -0.2) is 0 Å². The molecule has 0 fully saturated rings. The largest absolute Gasteiger partial charge is 0.0990 e. The molecule has 0 amide bonds. The van der Waals surface area contributed by atoms with Gasteiger partial charge in [-0.1, -0.05) is 301 Å². The Morgan fingerprint density at radius 1 is 0.473 bits per heavy atom. The van der Waals surface area contributed by atoms with Gasteiger partial charge in [0, 0.05) is 0 Å². The molecule has 0 N–H and O–H groups in total. The first-order valence-electron chi connectivity index (χ1n) is 33.2. The van der Waals surface area contributed by atoms with Gasteiger partial charge in [0.2, 0.25) is 0 Å². The minimum atomic E-state index is 0.741. The molecule has 0 saturated carbocycles. The van der Waals surface area contributed by atoms with E-state index in [9.17, 15) is 0 Å². The molecule has 0 radical (unpaired) electrons. The van der Waals surface area contributed by atoms with E-state index < -0.39 is 0 Å². The van der Waals surface area contributed by atoms with Gasteiger partial charge in [-0.15, -0.1) is 0 Å². The first kappa shape index (κ1) is 67.0. The van der Waals surface area contributed by atoms with E-state index in [2.05, 4.69) is 346 Å². The lowest BCUT2D eigenvalue weighted by molar-refractivity contribution is 1.05. The van der Waals surface area contributed by atoms with Crippen LogP contribution in [0, 0.1) is 20.8 Å². The van der Waals surface area contributed by atoms with Gasteiger partial charge in [0.15, 0.2) is 0 Å². The monoisotopic (exact) mass is 1210 g/mol. The first-order valence-corrected chi connectivity index (χ1v) is 33.2. The molecule has 10 aromatic carbocycles. The minimum Gasteiger partial charge on any atom is -0.0990 e. The van der Waals surface area contributed by atoms with E-state index in [1.807, 2.05) is 32.9 Å². The predicted molar refractivity (Wildman–Crippen MR) is 411 cm³/mol. The third kappa shape index (κ3) is 17.2. The summed E-state index contributed by atoms with van der Waals surface area (Å²) in [6.07, 6.45) is 31.8. The van der Waals surface area contributed by atoms with Crippen molar-refractivity contribution >= 4 is 27.9 Å². The zero-order valence-electron chi connectivity index (χ0n) is 56.2. The summed E-state index contributed by atoms with van der Waals surface area (Å²) in [6, 6.07) is 84.9. The highest BCUT2D eigenvalue weighted by molar-refractivity contribution is 5.92. The van der Waals surface area contributed by atoms with Gasteiger partial charge in [-0.2, -0.15) is 0 Å². The molecule has 10 aromatic rings. The Hall–Kier alpha value is -10.4. The van der Waals surface area contributed by atoms with E-state index in [4.69, 9.17) is 0 Å². The topological polar surface area (TPSA) is 0 Å². The standard InChI is InChI=1S/C71H60.C20H24.C2H6/c1-5-6-25-60(40-51(3)66-46-64(56-30-17-9-18-31-56)47-68(52(66)4)58-34-21-11-22-35-58)61-39-38-50(2)67(45-61)71-49-65(57-32-19-10-20-33-57)48-69(59-36-23-12-24-37-59)70(71)43-53-41-62(54-26-13-7-14-27-54)44-63(42-53)55-28-15-8-16-29-55;1-6-10-17(9-4)19-13-16(5)14-20(15-19)18(11-7-2)12-8-3;1-2/h5-17,19-30,32-42,44-49H,18,31,43H2,1-4H3;6-7,9-15H,1,4,8H2,2-3,5H3;1-2H3/b6-5?,51-40+,60-25+;11-7-,17-10+,18-12+;. The number of rotatable bonds is 19. The van der Waals surface area contributed by atoms with Crippen molar-refractivity contribution in [2.75, 3.05) is 0 Å². The van der Waals surface area contributed by atoms with Crippen molar-refractivity contribution in [1.29, 1.82) is 0 Å². The van der Waals surface area contributed by atoms with Gasteiger partial charge < -0.3 is 0 Å². The molecule has 0 spiro atoms. The Balaban J connectivity index is 0.000000396. The van der Waals surface area contributed by atoms with E-state index in [-0.39, 0.29) is 0 Å². The van der Waals surface area contributed by atoms with Gasteiger partial charge in [-0.05, 0) is 260 Å². The zero-order valence-corrected chi connectivity index (χ0v) is 56.2. The lowest BCUT2D eigenvalue weighted by Crippen LogP contribution is -2.01. The van der Waals surface area contributed by atoms with E-state index in [1.165, 1.54) is 145 Å². The average molecular weight is 1210 g/mol. The summed E-state index contributed by atoms with van der Waals surface area (Å²) in [5.74, 6) is 0. The molecule has 0 unspecified atom stereocenters. The van der Waals surface area contributed by atoms with Crippen LogP contribution >= 0.6 is 0 Å². The quantitative estimate of drug-likeness (QED) is 0.0708. The number of hydrogen-bond acceptors (Lipinski definition) is 0. The van der Waals surface area contributed by atoms with Crippen LogP contribution in [0.5, 0.6) is 0 Å². The molecule has 1 aliphatic carbocycles. The number of hydrogen-bond donors (Lipinski definition) is 0. The first-order chi connectivity index (χ1) is 45.5. The van der Waals surface area contributed by atoms with E-state index in [0.29, 0.717) is 0 Å². The molecule has 0 bridgehead atoms. The highest BCUT2D eigenvalue weighted by Crippen LogP contribution is 2.43. The average Bonchev–Trinajstić information content (AvgIpc) is 0.797. The zero-order chi connectivity index (χ0) is 65.5. The predicted octanol–water partition coefficient (Wildman–Crippen LogP) is 26.8. The normalized spacial score (nSPS) is 12.6. The van der Waals surface area contributed by atoms with Crippen LogP contribution in [0.2, 0.25) is 0 Å². The second-order valence-electron chi connectivity index (χ2n) is 23.6. The lowest BCUT2D eigenvalue weighted by Gasteiger charge is -2.22. The molecule has 0 nitrogen and oxygen atoms in total. The van der Waals surface area contributed by atoms with E-state index in [1.54, 1.807) is 6.08 Å². The maximum atomic E-state index is 3.89. The third-order valence-electron chi connectivity index (χ3n) is 17.1. The third-order valence-corrected chi connectivity index (χ3v) is 17.1. The molecule has 0 heterocycles. The summed E-state index contributed by atoms with van der Waals surface area (Å²) in [5, 5.41) is 0. The summed E-state index contributed by atoms with van der Waals surface area (Å²) < 4.78 is 0. The van der Waals surface area contributed by atoms with Crippen LogP contribution in [0.25, 0.3) is 94.6 Å². The molecular formula is C93H90. The smallest absolute Gasteiger partial charge is 0.00130 e. The maximum Gasteiger partial charge on any atom is -0.00130 e. The molecule has 0 saturated heterocycles. The Morgan fingerprint density at radius 2 is 1.01 bits per heavy atom. The molecular weight excluding hydrogens is 1120 g/mol. The Morgan fingerprint density at radius 3 is 1.54 bits per heavy atom. The summed E-state index contributed by atoms with van der Waals surface area (Å²) in [4.78, 5) is 0. The van der Waals surface area contributed by atoms with Crippen molar-refractivity contribution in [3.63, 3.8) is 0 Å². The molecule has 93 heavy (non-hydrogen) atoms. The molecule has 0 aromatic heterocycles. The second-order valence-corrected chi connectivity index (χ2v) is 23.6.